The number of aliphatic hydroxyl groups excluding tert-OH is 1. The Labute approximate surface area is 117 Å². The number of aliphatic hydroxyl groups is 1. The van der Waals surface area contributed by atoms with Gasteiger partial charge in [0.1, 0.15) is 0 Å². The van der Waals surface area contributed by atoms with E-state index < -0.39 is 0 Å². The molecule has 1 aliphatic rings. The minimum Gasteiger partial charge on any atom is -0.396 e. The van der Waals surface area contributed by atoms with Gasteiger partial charge in [-0.25, -0.2) is 0 Å². The van der Waals surface area contributed by atoms with Crippen LogP contribution in [0.15, 0.2) is 30.3 Å². The Morgan fingerprint density at radius 1 is 1.32 bits per heavy atom. The minimum absolute atomic E-state index is 0.296. The Hall–Kier alpha value is -0.860. The van der Waals surface area contributed by atoms with Crippen molar-refractivity contribution in [3.8, 4) is 0 Å². The molecule has 0 amide bonds. The maximum absolute atomic E-state index is 9.19. The molecule has 0 aromatic heterocycles. The second-order valence-corrected chi connectivity index (χ2v) is 6.54. The van der Waals surface area contributed by atoms with Gasteiger partial charge in [-0.3, -0.25) is 4.90 Å². The van der Waals surface area contributed by atoms with Crippen molar-refractivity contribution < 1.29 is 5.11 Å². The summed E-state index contributed by atoms with van der Waals surface area (Å²) in [4.78, 5) is 2.59. The van der Waals surface area contributed by atoms with Gasteiger partial charge in [-0.15, -0.1) is 0 Å². The first-order chi connectivity index (χ1) is 9.04. The first kappa shape index (κ1) is 14.5. The van der Waals surface area contributed by atoms with E-state index in [1.807, 2.05) is 0 Å². The molecule has 1 saturated heterocycles. The van der Waals surface area contributed by atoms with E-state index in [4.69, 9.17) is 0 Å². The van der Waals surface area contributed by atoms with Gasteiger partial charge in [0.05, 0.1) is 0 Å². The smallest absolute Gasteiger partial charge is 0.0433 e. The molecule has 0 saturated carbocycles. The van der Waals surface area contributed by atoms with E-state index in [0.717, 1.165) is 19.5 Å². The largest absolute Gasteiger partial charge is 0.396 e. The maximum atomic E-state index is 9.19. The van der Waals surface area contributed by atoms with E-state index in [0.29, 0.717) is 24.0 Å². The molecule has 1 fully saturated rings. The normalized spacial score (nSPS) is 25.2. The SMILES string of the molecule is CC(c1ccccc1)N1CCC(CCO)C(C)(C)C1. The van der Waals surface area contributed by atoms with Crippen LogP contribution < -0.4 is 0 Å². The third-order valence-electron chi connectivity index (χ3n) is 4.79. The molecule has 2 rings (SSSR count). The van der Waals surface area contributed by atoms with Crippen molar-refractivity contribution in [1.82, 2.24) is 4.90 Å². The van der Waals surface area contributed by atoms with Crippen LogP contribution in [0.2, 0.25) is 0 Å². The molecule has 1 N–H and O–H groups in total. The second-order valence-electron chi connectivity index (χ2n) is 6.54. The second kappa shape index (κ2) is 6.06. The zero-order valence-electron chi connectivity index (χ0n) is 12.5. The van der Waals surface area contributed by atoms with Gasteiger partial charge in [0, 0.05) is 19.2 Å². The Bertz CT molecular complexity index is 388. The fourth-order valence-corrected chi connectivity index (χ4v) is 3.41. The fraction of sp³-hybridized carbons (Fsp3) is 0.647. The molecule has 0 radical (unpaired) electrons. The molecule has 1 aliphatic heterocycles. The summed E-state index contributed by atoms with van der Waals surface area (Å²) < 4.78 is 0. The van der Waals surface area contributed by atoms with Gasteiger partial charge < -0.3 is 5.11 Å². The average molecular weight is 261 g/mol. The molecular formula is C17H27NO. The maximum Gasteiger partial charge on any atom is 0.0433 e. The molecule has 1 heterocycles. The van der Waals surface area contributed by atoms with Crippen molar-refractivity contribution in [2.45, 2.75) is 39.7 Å². The number of hydrogen-bond acceptors (Lipinski definition) is 2. The number of hydrogen-bond donors (Lipinski definition) is 1. The number of benzene rings is 1. The lowest BCUT2D eigenvalue weighted by molar-refractivity contribution is 0.0204. The zero-order valence-corrected chi connectivity index (χ0v) is 12.5. The van der Waals surface area contributed by atoms with Crippen LogP contribution in [-0.4, -0.2) is 29.7 Å². The first-order valence-electron chi connectivity index (χ1n) is 7.44. The lowest BCUT2D eigenvalue weighted by atomic mass is 9.72. The standard InChI is InChI=1S/C17H27NO/c1-14(15-7-5-4-6-8-15)18-11-9-16(10-12-19)17(2,3)13-18/h4-8,14,16,19H,9-13H2,1-3H3. The molecule has 2 atom stereocenters. The van der Waals surface area contributed by atoms with E-state index >= 15 is 0 Å². The molecule has 1 aromatic rings. The molecule has 0 spiro atoms. The van der Waals surface area contributed by atoms with Gasteiger partial charge in [-0.1, -0.05) is 44.2 Å². The summed E-state index contributed by atoms with van der Waals surface area (Å²) in [6, 6.07) is 11.2. The summed E-state index contributed by atoms with van der Waals surface area (Å²) in [7, 11) is 0. The van der Waals surface area contributed by atoms with Crippen molar-refractivity contribution in [3.63, 3.8) is 0 Å². The highest BCUT2D eigenvalue weighted by atomic mass is 16.3. The lowest BCUT2D eigenvalue weighted by Gasteiger charge is -2.46. The molecule has 106 valence electrons. The molecule has 0 bridgehead atoms. The van der Waals surface area contributed by atoms with Crippen molar-refractivity contribution in [3.05, 3.63) is 35.9 Å². The van der Waals surface area contributed by atoms with Crippen LogP contribution in [0, 0.1) is 11.3 Å². The Balaban J connectivity index is 2.04. The van der Waals surface area contributed by atoms with Crippen molar-refractivity contribution in [2.75, 3.05) is 19.7 Å². The van der Waals surface area contributed by atoms with Crippen LogP contribution in [-0.2, 0) is 0 Å². The predicted molar refractivity (Wildman–Crippen MR) is 80.0 cm³/mol. The molecule has 19 heavy (non-hydrogen) atoms. The van der Waals surface area contributed by atoms with Crippen LogP contribution >= 0.6 is 0 Å². The molecule has 2 nitrogen and oxygen atoms in total. The van der Waals surface area contributed by atoms with Gasteiger partial charge >= 0.3 is 0 Å². The number of nitrogens with zero attached hydrogens (tertiary/aromatic N) is 1. The van der Waals surface area contributed by atoms with Crippen LogP contribution in [0.1, 0.15) is 45.2 Å². The predicted octanol–water partition coefficient (Wildman–Crippen LogP) is 3.48. The summed E-state index contributed by atoms with van der Waals surface area (Å²) in [5.41, 5.74) is 1.70. The molecule has 1 aromatic carbocycles. The van der Waals surface area contributed by atoms with E-state index in [9.17, 15) is 5.11 Å². The van der Waals surface area contributed by atoms with Gasteiger partial charge in [0.25, 0.3) is 0 Å². The Morgan fingerprint density at radius 3 is 2.58 bits per heavy atom. The number of likely N-dealkylation sites (tertiary alicyclic amines) is 1. The Kier molecular flexibility index (Phi) is 4.64. The van der Waals surface area contributed by atoms with Crippen molar-refractivity contribution in [2.24, 2.45) is 11.3 Å². The van der Waals surface area contributed by atoms with Crippen LogP contribution in [0.25, 0.3) is 0 Å². The van der Waals surface area contributed by atoms with Crippen molar-refractivity contribution >= 4 is 0 Å². The monoisotopic (exact) mass is 261 g/mol. The molecule has 2 heteroatoms. The van der Waals surface area contributed by atoms with Crippen LogP contribution in [0.5, 0.6) is 0 Å². The fourth-order valence-electron chi connectivity index (χ4n) is 3.41. The Morgan fingerprint density at radius 2 is 2.00 bits per heavy atom. The summed E-state index contributed by atoms with van der Waals surface area (Å²) in [6.45, 7) is 9.58. The lowest BCUT2D eigenvalue weighted by Crippen LogP contribution is -2.46. The summed E-state index contributed by atoms with van der Waals surface area (Å²) in [6.07, 6.45) is 2.14. The number of rotatable bonds is 4. The van der Waals surface area contributed by atoms with Gasteiger partial charge in [-0.05, 0) is 43.2 Å². The van der Waals surface area contributed by atoms with E-state index in [-0.39, 0.29) is 0 Å². The highest BCUT2D eigenvalue weighted by Crippen LogP contribution is 2.39. The van der Waals surface area contributed by atoms with Gasteiger partial charge in [0.15, 0.2) is 0 Å². The average Bonchev–Trinajstić information content (AvgIpc) is 2.41. The van der Waals surface area contributed by atoms with Crippen LogP contribution in [0.3, 0.4) is 0 Å². The first-order valence-corrected chi connectivity index (χ1v) is 7.44. The van der Waals surface area contributed by atoms with Gasteiger partial charge in [-0.2, -0.15) is 0 Å². The quantitative estimate of drug-likeness (QED) is 0.897. The third-order valence-corrected chi connectivity index (χ3v) is 4.79. The van der Waals surface area contributed by atoms with E-state index in [2.05, 4.69) is 56.0 Å². The highest BCUT2D eigenvalue weighted by molar-refractivity contribution is 5.18. The number of piperidine rings is 1. The minimum atomic E-state index is 0.296. The molecular weight excluding hydrogens is 234 g/mol. The topological polar surface area (TPSA) is 23.5 Å². The molecule has 0 aliphatic carbocycles. The summed E-state index contributed by atoms with van der Waals surface area (Å²) in [5.74, 6) is 0.650. The summed E-state index contributed by atoms with van der Waals surface area (Å²) >= 11 is 0. The van der Waals surface area contributed by atoms with E-state index in [1.165, 1.54) is 12.0 Å². The van der Waals surface area contributed by atoms with Gasteiger partial charge in [0.2, 0.25) is 0 Å². The molecule has 2 unspecified atom stereocenters. The third kappa shape index (κ3) is 3.37. The summed E-state index contributed by atoms with van der Waals surface area (Å²) in [5, 5.41) is 9.19. The van der Waals surface area contributed by atoms with E-state index in [1.54, 1.807) is 0 Å². The zero-order chi connectivity index (χ0) is 13.9. The van der Waals surface area contributed by atoms with Crippen LogP contribution in [0.4, 0.5) is 0 Å². The highest BCUT2D eigenvalue weighted by Gasteiger charge is 2.36. The van der Waals surface area contributed by atoms with Crippen molar-refractivity contribution in [1.29, 1.82) is 0 Å².